The molecular formula is C17H25NO2. The molecule has 0 saturated heterocycles. The molecule has 0 fully saturated rings. The summed E-state index contributed by atoms with van der Waals surface area (Å²) >= 11 is 0. The van der Waals surface area contributed by atoms with Crippen LogP contribution < -0.4 is 5.32 Å². The zero-order valence-electron chi connectivity index (χ0n) is 12.6. The van der Waals surface area contributed by atoms with Crippen LogP contribution in [0.25, 0.3) is 0 Å². The van der Waals surface area contributed by atoms with Gasteiger partial charge in [-0.3, -0.25) is 4.79 Å². The van der Waals surface area contributed by atoms with Gasteiger partial charge >= 0.3 is 5.97 Å². The summed E-state index contributed by atoms with van der Waals surface area (Å²) in [6.45, 7) is 5.42. The first-order valence-corrected chi connectivity index (χ1v) is 7.66. The van der Waals surface area contributed by atoms with Gasteiger partial charge < -0.3 is 10.1 Å². The summed E-state index contributed by atoms with van der Waals surface area (Å²) in [4.78, 5) is 11.9. The molecule has 0 aromatic heterocycles. The molecule has 1 unspecified atom stereocenters. The summed E-state index contributed by atoms with van der Waals surface area (Å²) < 4.78 is 5.16. The molecule has 1 aromatic rings. The van der Waals surface area contributed by atoms with Crippen molar-refractivity contribution in [2.45, 2.75) is 51.5 Å². The van der Waals surface area contributed by atoms with Crippen LogP contribution in [0, 0.1) is 0 Å². The molecule has 0 radical (unpaired) electrons. The first kappa shape index (κ1) is 15.0. The molecule has 1 aliphatic rings. The van der Waals surface area contributed by atoms with Gasteiger partial charge in [0.1, 0.15) is 0 Å². The summed E-state index contributed by atoms with van der Waals surface area (Å²) in [5.74, 6) is -0.0875. The molecule has 0 saturated carbocycles. The van der Waals surface area contributed by atoms with Crippen molar-refractivity contribution in [3.63, 3.8) is 0 Å². The van der Waals surface area contributed by atoms with Crippen LogP contribution in [-0.2, 0) is 22.4 Å². The topological polar surface area (TPSA) is 38.3 Å². The van der Waals surface area contributed by atoms with E-state index < -0.39 is 0 Å². The van der Waals surface area contributed by atoms with Crippen molar-refractivity contribution in [3.8, 4) is 0 Å². The first-order valence-electron chi connectivity index (χ1n) is 7.66. The average molecular weight is 275 g/mol. The fourth-order valence-electron chi connectivity index (χ4n) is 3.04. The summed E-state index contributed by atoms with van der Waals surface area (Å²) in [6, 6.07) is 8.56. The Morgan fingerprint density at radius 3 is 2.75 bits per heavy atom. The van der Waals surface area contributed by atoms with E-state index in [9.17, 15) is 4.79 Å². The van der Waals surface area contributed by atoms with E-state index in [1.165, 1.54) is 11.1 Å². The van der Waals surface area contributed by atoms with Gasteiger partial charge in [-0.1, -0.05) is 31.2 Å². The molecule has 3 heteroatoms. The van der Waals surface area contributed by atoms with Crippen molar-refractivity contribution < 1.29 is 9.53 Å². The molecule has 20 heavy (non-hydrogen) atoms. The van der Waals surface area contributed by atoms with Crippen LogP contribution in [-0.4, -0.2) is 24.7 Å². The Kier molecular flexibility index (Phi) is 5.18. The molecule has 1 N–H and O–H groups in total. The molecule has 3 nitrogen and oxygen atoms in total. The lowest BCUT2D eigenvalue weighted by atomic mass is 9.76. The van der Waals surface area contributed by atoms with E-state index in [1.807, 2.05) is 6.92 Å². The summed E-state index contributed by atoms with van der Waals surface area (Å²) in [7, 11) is 0. The predicted molar refractivity (Wildman–Crippen MR) is 80.7 cm³/mol. The standard InChI is InChI=1S/C17H25NO2/c1-3-11-18-17(13-16(19)20-4-2)10-9-14-7-5-6-8-15(14)12-17/h5-8,18H,3-4,9-13H2,1-2H3. The van der Waals surface area contributed by atoms with E-state index in [-0.39, 0.29) is 11.5 Å². The summed E-state index contributed by atoms with van der Waals surface area (Å²) in [6.07, 6.45) is 4.50. The second-order valence-electron chi connectivity index (χ2n) is 5.63. The van der Waals surface area contributed by atoms with E-state index in [0.29, 0.717) is 13.0 Å². The fourth-order valence-corrected chi connectivity index (χ4v) is 3.04. The zero-order valence-corrected chi connectivity index (χ0v) is 12.6. The Morgan fingerprint density at radius 2 is 2.05 bits per heavy atom. The third kappa shape index (κ3) is 3.60. The molecule has 2 rings (SSSR count). The summed E-state index contributed by atoms with van der Waals surface area (Å²) in [5, 5.41) is 3.61. The van der Waals surface area contributed by atoms with Crippen molar-refractivity contribution in [2.24, 2.45) is 0 Å². The highest BCUT2D eigenvalue weighted by molar-refractivity contribution is 5.71. The maximum atomic E-state index is 11.9. The Hall–Kier alpha value is -1.35. The molecule has 0 heterocycles. The molecule has 0 amide bonds. The van der Waals surface area contributed by atoms with Crippen molar-refractivity contribution in [2.75, 3.05) is 13.2 Å². The number of aryl methyl sites for hydroxylation is 1. The number of nitrogens with one attached hydrogen (secondary N) is 1. The lowest BCUT2D eigenvalue weighted by molar-refractivity contribution is -0.145. The van der Waals surface area contributed by atoms with Gasteiger partial charge in [0, 0.05) is 5.54 Å². The number of carbonyl (C=O) groups excluding carboxylic acids is 1. The van der Waals surface area contributed by atoms with Crippen molar-refractivity contribution in [1.82, 2.24) is 5.32 Å². The van der Waals surface area contributed by atoms with E-state index in [4.69, 9.17) is 4.74 Å². The predicted octanol–water partition coefficient (Wildman–Crippen LogP) is 2.87. The van der Waals surface area contributed by atoms with Gasteiger partial charge in [-0.15, -0.1) is 0 Å². The quantitative estimate of drug-likeness (QED) is 0.811. The molecule has 1 atom stereocenters. The van der Waals surface area contributed by atoms with Crippen LogP contribution in [0.1, 0.15) is 44.2 Å². The van der Waals surface area contributed by atoms with Crippen molar-refractivity contribution >= 4 is 5.97 Å². The van der Waals surface area contributed by atoms with E-state index in [0.717, 1.165) is 32.2 Å². The number of carbonyl (C=O) groups is 1. The van der Waals surface area contributed by atoms with Crippen molar-refractivity contribution in [3.05, 3.63) is 35.4 Å². The van der Waals surface area contributed by atoms with Crippen LogP contribution in [0.4, 0.5) is 0 Å². The van der Waals surface area contributed by atoms with Crippen LogP contribution in [0.3, 0.4) is 0 Å². The zero-order chi connectivity index (χ0) is 14.4. The SMILES string of the molecule is CCCNC1(CC(=O)OCC)CCc2ccccc2C1. The third-order valence-electron chi connectivity index (χ3n) is 4.06. The Balaban J connectivity index is 2.14. The molecule has 110 valence electrons. The van der Waals surface area contributed by atoms with Gasteiger partial charge in [0.25, 0.3) is 0 Å². The van der Waals surface area contributed by atoms with Crippen LogP contribution >= 0.6 is 0 Å². The number of hydrogen-bond donors (Lipinski definition) is 1. The molecule has 0 spiro atoms. The van der Waals surface area contributed by atoms with Crippen molar-refractivity contribution in [1.29, 1.82) is 0 Å². The smallest absolute Gasteiger partial charge is 0.307 e. The molecular weight excluding hydrogens is 250 g/mol. The lowest BCUT2D eigenvalue weighted by Gasteiger charge is -2.38. The number of hydrogen-bond acceptors (Lipinski definition) is 3. The highest BCUT2D eigenvalue weighted by Gasteiger charge is 2.36. The number of ether oxygens (including phenoxy) is 1. The Morgan fingerprint density at radius 1 is 1.30 bits per heavy atom. The normalized spacial score (nSPS) is 21.3. The second-order valence-corrected chi connectivity index (χ2v) is 5.63. The van der Waals surface area contributed by atoms with Gasteiger partial charge in [0.2, 0.25) is 0 Å². The molecule has 1 aromatic carbocycles. The highest BCUT2D eigenvalue weighted by Crippen LogP contribution is 2.31. The van der Waals surface area contributed by atoms with Gasteiger partial charge in [0.15, 0.2) is 0 Å². The maximum absolute atomic E-state index is 11.9. The van der Waals surface area contributed by atoms with Crippen LogP contribution in [0.5, 0.6) is 0 Å². The van der Waals surface area contributed by atoms with Gasteiger partial charge in [-0.25, -0.2) is 0 Å². The number of benzene rings is 1. The Labute approximate surface area is 121 Å². The molecule has 0 bridgehead atoms. The highest BCUT2D eigenvalue weighted by atomic mass is 16.5. The minimum Gasteiger partial charge on any atom is -0.466 e. The number of rotatable bonds is 6. The maximum Gasteiger partial charge on any atom is 0.307 e. The largest absolute Gasteiger partial charge is 0.466 e. The second kappa shape index (κ2) is 6.89. The average Bonchev–Trinajstić information content (AvgIpc) is 2.45. The molecule has 1 aliphatic carbocycles. The van der Waals surface area contributed by atoms with Gasteiger partial charge in [-0.2, -0.15) is 0 Å². The molecule has 0 aliphatic heterocycles. The Bertz CT molecular complexity index is 458. The monoisotopic (exact) mass is 275 g/mol. The van der Waals surface area contributed by atoms with E-state index in [2.05, 4.69) is 36.5 Å². The van der Waals surface area contributed by atoms with E-state index >= 15 is 0 Å². The fraction of sp³-hybridized carbons (Fsp3) is 0.588. The summed E-state index contributed by atoms with van der Waals surface area (Å²) in [5.41, 5.74) is 2.66. The third-order valence-corrected chi connectivity index (χ3v) is 4.06. The number of fused-ring (bicyclic) bond motifs is 1. The minimum absolute atomic E-state index is 0.0875. The van der Waals surface area contributed by atoms with Crippen LogP contribution in [0.15, 0.2) is 24.3 Å². The number of esters is 1. The lowest BCUT2D eigenvalue weighted by Crippen LogP contribution is -2.51. The first-order chi connectivity index (χ1) is 9.69. The minimum atomic E-state index is -0.128. The van der Waals surface area contributed by atoms with Crippen LogP contribution in [0.2, 0.25) is 0 Å². The van der Waals surface area contributed by atoms with E-state index in [1.54, 1.807) is 0 Å². The van der Waals surface area contributed by atoms with Gasteiger partial charge in [0.05, 0.1) is 13.0 Å². The van der Waals surface area contributed by atoms with Gasteiger partial charge in [-0.05, 0) is 50.3 Å².